The molecule has 0 heterocycles. The molecule has 0 aliphatic rings. The minimum absolute atomic E-state index is 0.0662. The maximum atomic E-state index is 12.8. The summed E-state index contributed by atoms with van der Waals surface area (Å²) >= 11 is 0. The maximum absolute atomic E-state index is 12.8. The molecular formula is C17H19FN2O. The number of anilines is 1. The number of likely N-dealkylation sites (N-methyl/N-ethyl adjacent to an activating group) is 1. The van der Waals surface area contributed by atoms with Gasteiger partial charge in [-0.25, -0.2) is 4.39 Å². The van der Waals surface area contributed by atoms with Crippen LogP contribution >= 0.6 is 0 Å². The first-order valence-corrected chi connectivity index (χ1v) is 6.82. The van der Waals surface area contributed by atoms with Gasteiger partial charge in [0.25, 0.3) is 0 Å². The van der Waals surface area contributed by atoms with Crippen molar-refractivity contribution in [1.29, 1.82) is 0 Å². The molecule has 0 fully saturated rings. The zero-order chi connectivity index (χ0) is 15.2. The van der Waals surface area contributed by atoms with Gasteiger partial charge in [0.05, 0.1) is 6.54 Å². The van der Waals surface area contributed by atoms with Crippen LogP contribution in [0.25, 0.3) is 0 Å². The summed E-state index contributed by atoms with van der Waals surface area (Å²) in [6.45, 7) is 2.88. The largest absolute Gasteiger partial charge is 0.325 e. The Morgan fingerprint density at radius 1 is 1.10 bits per heavy atom. The average Bonchev–Trinajstić information content (AvgIpc) is 2.44. The standard InChI is InChI=1S/C17H19FN2O/c1-13-3-9-16(10-4-13)19-17(21)12-20(2)11-14-5-7-15(18)8-6-14/h3-10H,11-12H2,1-2H3,(H,19,21). The number of carbonyl (C=O) groups excluding carboxylic acids is 1. The molecule has 0 radical (unpaired) electrons. The number of hydrogen-bond donors (Lipinski definition) is 1. The fourth-order valence-electron chi connectivity index (χ4n) is 2.04. The lowest BCUT2D eigenvalue weighted by Crippen LogP contribution is -2.29. The molecule has 0 bridgehead atoms. The Kier molecular flexibility index (Phi) is 5.06. The number of halogens is 1. The lowest BCUT2D eigenvalue weighted by molar-refractivity contribution is -0.117. The van der Waals surface area contributed by atoms with Gasteiger partial charge in [-0.05, 0) is 43.8 Å². The van der Waals surface area contributed by atoms with E-state index in [0.29, 0.717) is 6.54 Å². The fourth-order valence-corrected chi connectivity index (χ4v) is 2.04. The Labute approximate surface area is 124 Å². The van der Waals surface area contributed by atoms with Gasteiger partial charge < -0.3 is 5.32 Å². The van der Waals surface area contributed by atoms with E-state index in [9.17, 15) is 9.18 Å². The van der Waals surface area contributed by atoms with Crippen LogP contribution in [0.15, 0.2) is 48.5 Å². The molecule has 0 saturated carbocycles. The van der Waals surface area contributed by atoms with E-state index < -0.39 is 0 Å². The smallest absolute Gasteiger partial charge is 0.238 e. The summed E-state index contributed by atoms with van der Waals surface area (Å²) in [5.41, 5.74) is 2.92. The van der Waals surface area contributed by atoms with Crippen LogP contribution in [0.4, 0.5) is 10.1 Å². The molecule has 0 atom stereocenters. The van der Waals surface area contributed by atoms with Crippen molar-refractivity contribution in [1.82, 2.24) is 4.90 Å². The maximum Gasteiger partial charge on any atom is 0.238 e. The molecule has 21 heavy (non-hydrogen) atoms. The van der Waals surface area contributed by atoms with Crippen molar-refractivity contribution >= 4 is 11.6 Å². The number of nitrogens with one attached hydrogen (secondary N) is 1. The molecule has 4 heteroatoms. The van der Waals surface area contributed by atoms with E-state index in [1.165, 1.54) is 12.1 Å². The molecule has 2 aromatic rings. The Hall–Kier alpha value is -2.20. The summed E-state index contributed by atoms with van der Waals surface area (Å²) in [4.78, 5) is 13.8. The molecule has 0 saturated heterocycles. The minimum Gasteiger partial charge on any atom is -0.325 e. The summed E-state index contributed by atoms with van der Waals surface area (Å²) in [6, 6.07) is 14.0. The highest BCUT2D eigenvalue weighted by atomic mass is 19.1. The van der Waals surface area contributed by atoms with Gasteiger partial charge in [-0.2, -0.15) is 0 Å². The number of benzene rings is 2. The Morgan fingerprint density at radius 2 is 1.71 bits per heavy atom. The summed E-state index contributed by atoms with van der Waals surface area (Å²) in [6.07, 6.45) is 0. The molecule has 110 valence electrons. The number of amides is 1. The molecule has 0 unspecified atom stereocenters. The number of hydrogen-bond acceptors (Lipinski definition) is 2. The van der Waals surface area contributed by atoms with Crippen molar-refractivity contribution in [2.45, 2.75) is 13.5 Å². The van der Waals surface area contributed by atoms with E-state index in [2.05, 4.69) is 5.32 Å². The van der Waals surface area contributed by atoms with Gasteiger partial charge in [0, 0.05) is 12.2 Å². The van der Waals surface area contributed by atoms with Crippen LogP contribution in [-0.4, -0.2) is 24.4 Å². The third-order valence-electron chi connectivity index (χ3n) is 3.11. The van der Waals surface area contributed by atoms with Gasteiger partial charge in [-0.1, -0.05) is 29.8 Å². The van der Waals surface area contributed by atoms with Crippen molar-refractivity contribution in [2.75, 3.05) is 18.9 Å². The van der Waals surface area contributed by atoms with Gasteiger partial charge in [0.1, 0.15) is 5.82 Å². The summed E-state index contributed by atoms with van der Waals surface area (Å²) < 4.78 is 12.8. The fraction of sp³-hybridized carbons (Fsp3) is 0.235. The first-order valence-electron chi connectivity index (χ1n) is 6.82. The quantitative estimate of drug-likeness (QED) is 0.915. The van der Waals surface area contributed by atoms with E-state index in [1.807, 2.05) is 43.1 Å². The highest BCUT2D eigenvalue weighted by molar-refractivity contribution is 5.92. The zero-order valence-electron chi connectivity index (χ0n) is 12.3. The van der Waals surface area contributed by atoms with Crippen LogP contribution < -0.4 is 5.32 Å². The topological polar surface area (TPSA) is 32.3 Å². The van der Waals surface area contributed by atoms with Gasteiger partial charge in [-0.15, -0.1) is 0 Å². The van der Waals surface area contributed by atoms with E-state index in [1.54, 1.807) is 12.1 Å². The summed E-state index contributed by atoms with van der Waals surface area (Å²) in [5, 5.41) is 2.85. The first kappa shape index (κ1) is 15.2. The van der Waals surface area contributed by atoms with Gasteiger partial charge in [0.2, 0.25) is 5.91 Å². The predicted molar refractivity (Wildman–Crippen MR) is 82.5 cm³/mol. The second-order valence-corrected chi connectivity index (χ2v) is 5.21. The minimum atomic E-state index is -0.251. The van der Waals surface area contributed by atoms with E-state index in [-0.39, 0.29) is 18.3 Å². The number of rotatable bonds is 5. The second-order valence-electron chi connectivity index (χ2n) is 5.21. The van der Waals surface area contributed by atoms with E-state index in [4.69, 9.17) is 0 Å². The SMILES string of the molecule is Cc1ccc(NC(=O)CN(C)Cc2ccc(F)cc2)cc1. The van der Waals surface area contributed by atoms with Crippen molar-refractivity contribution in [3.05, 3.63) is 65.5 Å². The van der Waals surface area contributed by atoms with Crippen molar-refractivity contribution < 1.29 is 9.18 Å². The zero-order valence-corrected chi connectivity index (χ0v) is 12.3. The van der Waals surface area contributed by atoms with Gasteiger partial charge in [0.15, 0.2) is 0 Å². The molecule has 0 aliphatic heterocycles. The molecule has 1 amide bonds. The molecule has 0 spiro atoms. The van der Waals surface area contributed by atoms with Crippen LogP contribution in [0, 0.1) is 12.7 Å². The number of aryl methyl sites for hydroxylation is 1. The molecule has 3 nitrogen and oxygen atoms in total. The van der Waals surface area contributed by atoms with Gasteiger partial charge >= 0.3 is 0 Å². The predicted octanol–water partition coefficient (Wildman–Crippen LogP) is 3.20. The molecule has 0 aliphatic carbocycles. The third kappa shape index (κ3) is 5.00. The Bertz CT molecular complexity index is 593. The van der Waals surface area contributed by atoms with Gasteiger partial charge in [-0.3, -0.25) is 9.69 Å². The highest BCUT2D eigenvalue weighted by Crippen LogP contribution is 2.09. The Morgan fingerprint density at radius 3 is 2.33 bits per heavy atom. The van der Waals surface area contributed by atoms with E-state index in [0.717, 1.165) is 16.8 Å². The second kappa shape index (κ2) is 6.99. The van der Waals surface area contributed by atoms with E-state index >= 15 is 0 Å². The monoisotopic (exact) mass is 286 g/mol. The van der Waals surface area contributed by atoms with Crippen LogP contribution in [0.5, 0.6) is 0 Å². The van der Waals surface area contributed by atoms with Crippen molar-refractivity contribution in [3.63, 3.8) is 0 Å². The molecule has 0 aromatic heterocycles. The van der Waals surface area contributed by atoms with Crippen LogP contribution in [0.3, 0.4) is 0 Å². The molecular weight excluding hydrogens is 267 g/mol. The van der Waals surface area contributed by atoms with Crippen LogP contribution in [0.2, 0.25) is 0 Å². The lowest BCUT2D eigenvalue weighted by atomic mass is 10.2. The highest BCUT2D eigenvalue weighted by Gasteiger charge is 2.07. The van der Waals surface area contributed by atoms with Crippen molar-refractivity contribution in [3.8, 4) is 0 Å². The molecule has 2 aromatic carbocycles. The lowest BCUT2D eigenvalue weighted by Gasteiger charge is -2.16. The molecule has 2 rings (SSSR count). The number of nitrogens with zero attached hydrogens (tertiary/aromatic N) is 1. The Balaban J connectivity index is 1.84. The van der Waals surface area contributed by atoms with Crippen LogP contribution in [-0.2, 0) is 11.3 Å². The average molecular weight is 286 g/mol. The molecule has 1 N–H and O–H groups in total. The van der Waals surface area contributed by atoms with Crippen LogP contribution in [0.1, 0.15) is 11.1 Å². The summed E-state index contributed by atoms with van der Waals surface area (Å²) in [7, 11) is 1.86. The first-order chi connectivity index (χ1) is 10.0. The summed E-state index contributed by atoms with van der Waals surface area (Å²) in [5.74, 6) is -0.318. The number of carbonyl (C=O) groups is 1. The third-order valence-corrected chi connectivity index (χ3v) is 3.11. The van der Waals surface area contributed by atoms with Crippen molar-refractivity contribution in [2.24, 2.45) is 0 Å². The normalized spacial score (nSPS) is 10.7.